The number of carbonyl (C=O) groups excluding carboxylic acids is 1. The molecule has 0 aliphatic heterocycles. The number of carbonyl (C=O) groups is 1. The molecule has 86 valence electrons. The minimum Gasteiger partial charge on any atom is -0.454 e. The van der Waals surface area contributed by atoms with Crippen molar-refractivity contribution in [1.82, 2.24) is 0 Å². The van der Waals surface area contributed by atoms with Crippen LogP contribution in [0.15, 0.2) is 46.9 Å². The van der Waals surface area contributed by atoms with E-state index in [2.05, 4.69) is 15.9 Å². The Morgan fingerprint density at radius 1 is 1.18 bits per heavy atom. The highest BCUT2D eigenvalue weighted by Gasteiger charge is 2.06. The molecule has 2 aromatic carbocycles. The molecule has 0 unspecified atom stereocenters. The quantitative estimate of drug-likeness (QED) is 0.793. The summed E-state index contributed by atoms with van der Waals surface area (Å²) in [6, 6.07) is 11.2. The molecule has 2 rings (SSSR count). The summed E-state index contributed by atoms with van der Waals surface area (Å²) in [6.07, 6.45) is 0.589. The van der Waals surface area contributed by atoms with Gasteiger partial charge in [0.1, 0.15) is 12.0 Å². The van der Waals surface area contributed by atoms with Crippen LogP contribution in [-0.2, 0) is 0 Å². The second kappa shape index (κ2) is 5.10. The number of aldehydes is 1. The van der Waals surface area contributed by atoms with E-state index in [-0.39, 0.29) is 11.3 Å². The SMILES string of the molecule is O=Cc1ccc(Oc2cccc(Br)c2)c(F)c1. The van der Waals surface area contributed by atoms with Crippen molar-refractivity contribution >= 4 is 22.2 Å². The Balaban J connectivity index is 2.27. The molecule has 0 aliphatic rings. The molecule has 0 fully saturated rings. The fraction of sp³-hybridized carbons (Fsp3) is 0. The van der Waals surface area contributed by atoms with Gasteiger partial charge in [0, 0.05) is 10.0 Å². The van der Waals surface area contributed by atoms with Crippen LogP contribution in [0.25, 0.3) is 0 Å². The first-order chi connectivity index (χ1) is 8.19. The molecule has 0 bridgehead atoms. The van der Waals surface area contributed by atoms with Gasteiger partial charge in [0.2, 0.25) is 0 Å². The van der Waals surface area contributed by atoms with Crippen LogP contribution in [0.3, 0.4) is 0 Å². The minimum absolute atomic E-state index is 0.0914. The fourth-order valence-corrected chi connectivity index (χ4v) is 1.71. The van der Waals surface area contributed by atoms with E-state index in [0.717, 1.165) is 10.5 Å². The molecular formula is C13H8BrFO2. The molecule has 0 saturated carbocycles. The highest BCUT2D eigenvalue weighted by atomic mass is 79.9. The highest BCUT2D eigenvalue weighted by Crippen LogP contribution is 2.26. The third kappa shape index (κ3) is 2.91. The first-order valence-electron chi connectivity index (χ1n) is 4.87. The van der Waals surface area contributed by atoms with Crippen molar-refractivity contribution in [3.05, 3.63) is 58.3 Å². The number of ether oxygens (including phenoxy) is 1. The molecule has 17 heavy (non-hydrogen) atoms. The molecule has 0 saturated heterocycles. The van der Waals surface area contributed by atoms with Crippen molar-refractivity contribution in [2.75, 3.05) is 0 Å². The van der Waals surface area contributed by atoms with Crippen molar-refractivity contribution in [2.45, 2.75) is 0 Å². The summed E-state index contributed by atoms with van der Waals surface area (Å²) in [4.78, 5) is 10.5. The van der Waals surface area contributed by atoms with Gasteiger partial charge in [-0.15, -0.1) is 0 Å². The molecule has 0 spiro atoms. The summed E-state index contributed by atoms with van der Waals surface area (Å²) in [5.74, 6) is 0.0559. The molecule has 0 amide bonds. The second-order valence-electron chi connectivity index (χ2n) is 3.37. The monoisotopic (exact) mass is 294 g/mol. The van der Waals surface area contributed by atoms with Gasteiger partial charge in [-0.3, -0.25) is 4.79 Å². The van der Waals surface area contributed by atoms with Gasteiger partial charge in [-0.1, -0.05) is 22.0 Å². The van der Waals surface area contributed by atoms with Gasteiger partial charge in [0.15, 0.2) is 11.6 Å². The molecule has 0 radical (unpaired) electrons. The highest BCUT2D eigenvalue weighted by molar-refractivity contribution is 9.10. The summed E-state index contributed by atoms with van der Waals surface area (Å²) in [7, 11) is 0. The number of rotatable bonds is 3. The normalized spacial score (nSPS) is 10.0. The van der Waals surface area contributed by atoms with E-state index in [9.17, 15) is 9.18 Å². The summed E-state index contributed by atoms with van der Waals surface area (Å²) >= 11 is 3.30. The molecule has 2 nitrogen and oxygen atoms in total. The minimum atomic E-state index is -0.561. The molecule has 2 aromatic rings. The predicted octanol–water partition coefficient (Wildman–Crippen LogP) is 4.19. The van der Waals surface area contributed by atoms with Crippen LogP contribution in [0, 0.1) is 5.82 Å². The molecule has 0 atom stereocenters. The Kier molecular flexibility index (Phi) is 3.54. The Morgan fingerprint density at radius 3 is 2.65 bits per heavy atom. The van der Waals surface area contributed by atoms with Gasteiger partial charge in [-0.25, -0.2) is 4.39 Å². The average Bonchev–Trinajstić information content (AvgIpc) is 2.32. The van der Waals surface area contributed by atoms with Crippen LogP contribution in [0.5, 0.6) is 11.5 Å². The third-order valence-electron chi connectivity index (χ3n) is 2.12. The van der Waals surface area contributed by atoms with Crippen LogP contribution in [0.2, 0.25) is 0 Å². The molecule has 4 heteroatoms. The maximum absolute atomic E-state index is 13.5. The second-order valence-corrected chi connectivity index (χ2v) is 4.28. The zero-order valence-corrected chi connectivity index (χ0v) is 10.3. The van der Waals surface area contributed by atoms with Crippen molar-refractivity contribution in [2.24, 2.45) is 0 Å². The first kappa shape index (κ1) is 11.8. The molecule has 0 heterocycles. The third-order valence-corrected chi connectivity index (χ3v) is 2.61. The Bertz CT molecular complexity index is 555. The Morgan fingerprint density at radius 2 is 2.00 bits per heavy atom. The summed E-state index contributed by atoms with van der Waals surface area (Å²) in [5.41, 5.74) is 0.282. The van der Waals surface area contributed by atoms with Crippen LogP contribution in [-0.4, -0.2) is 6.29 Å². The zero-order chi connectivity index (χ0) is 12.3. The molecule has 0 N–H and O–H groups in total. The van der Waals surface area contributed by atoms with E-state index < -0.39 is 5.82 Å². The van der Waals surface area contributed by atoms with E-state index >= 15 is 0 Å². The summed E-state index contributed by atoms with van der Waals surface area (Å²) in [6.45, 7) is 0. The number of halogens is 2. The fourth-order valence-electron chi connectivity index (χ4n) is 1.33. The molecular weight excluding hydrogens is 287 g/mol. The average molecular weight is 295 g/mol. The maximum atomic E-state index is 13.5. The van der Waals surface area contributed by atoms with Crippen LogP contribution in [0.1, 0.15) is 10.4 Å². The smallest absolute Gasteiger partial charge is 0.166 e. The van der Waals surface area contributed by atoms with E-state index in [1.807, 2.05) is 6.07 Å². The van der Waals surface area contributed by atoms with Crippen molar-refractivity contribution in [3.63, 3.8) is 0 Å². The van der Waals surface area contributed by atoms with E-state index in [0.29, 0.717) is 12.0 Å². The van der Waals surface area contributed by atoms with Crippen molar-refractivity contribution in [3.8, 4) is 11.5 Å². The largest absolute Gasteiger partial charge is 0.454 e. The number of hydrogen-bond donors (Lipinski definition) is 0. The maximum Gasteiger partial charge on any atom is 0.166 e. The first-order valence-corrected chi connectivity index (χ1v) is 5.66. The van der Waals surface area contributed by atoms with Gasteiger partial charge < -0.3 is 4.74 Å². The lowest BCUT2D eigenvalue weighted by Gasteiger charge is -2.07. The number of hydrogen-bond acceptors (Lipinski definition) is 2. The van der Waals surface area contributed by atoms with Gasteiger partial charge in [-0.2, -0.15) is 0 Å². The zero-order valence-electron chi connectivity index (χ0n) is 8.69. The van der Waals surface area contributed by atoms with Crippen molar-refractivity contribution < 1.29 is 13.9 Å². The Labute approximate surface area is 106 Å². The lowest BCUT2D eigenvalue weighted by atomic mass is 10.2. The summed E-state index contributed by atoms with van der Waals surface area (Å²) in [5, 5.41) is 0. The van der Waals surface area contributed by atoms with E-state index in [1.54, 1.807) is 18.2 Å². The van der Waals surface area contributed by atoms with Gasteiger partial charge in [0.25, 0.3) is 0 Å². The number of benzene rings is 2. The van der Waals surface area contributed by atoms with Crippen molar-refractivity contribution in [1.29, 1.82) is 0 Å². The van der Waals surface area contributed by atoms with E-state index in [1.165, 1.54) is 12.1 Å². The van der Waals surface area contributed by atoms with Gasteiger partial charge >= 0.3 is 0 Å². The predicted molar refractivity (Wildman–Crippen MR) is 66.0 cm³/mol. The standard InChI is InChI=1S/C13H8BrFO2/c14-10-2-1-3-11(7-10)17-13-5-4-9(8-16)6-12(13)15/h1-8H. The Hall–Kier alpha value is -1.68. The van der Waals surface area contributed by atoms with Crippen LogP contribution >= 0.6 is 15.9 Å². The van der Waals surface area contributed by atoms with Gasteiger partial charge in [0.05, 0.1) is 0 Å². The van der Waals surface area contributed by atoms with E-state index in [4.69, 9.17) is 4.74 Å². The lowest BCUT2D eigenvalue weighted by Crippen LogP contribution is -1.90. The van der Waals surface area contributed by atoms with Crippen LogP contribution in [0.4, 0.5) is 4.39 Å². The van der Waals surface area contributed by atoms with Crippen LogP contribution < -0.4 is 4.74 Å². The topological polar surface area (TPSA) is 26.3 Å². The van der Waals surface area contributed by atoms with Gasteiger partial charge in [-0.05, 0) is 36.4 Å². The summed E-state index contributed by atoms with van der Waals surface area (Å²) < 4.78 is 19.7. The lowest BCUT2D eigenvalue weighted by molar-refractivity contribution is 0.112. The molecule has 0 aromatic heterocycles. The molecule has 0 aliphatic carbocycles.